The van der Waals surface area contributed by atoms with Crippen molar-refractivity contribution in [2.45, 2.75) is 79.8 Å². The fourth-order valence-corrected chi connectivity index (χ4v) is 0. The quantitative estimate of drug-likeness (QED) is 0.457. The van der Waals surface area contributed by atoms with Gasteiger partial charge in [-0.2, -0.15) is 0 Å². The van der Waals surface area contributed by atoms with Crippen LogP contribution in [0.3, 0.4) is 0 Å². The molecule has 0 saturated heterocycles. The summed E-state index contributed by atoms with van der Waals surface area (Å²) in [5, 5.41) is 38.1. The van der Waals surface area contributed by atoms with Gasteiger partial charge in [-0.05, 0) is 0 Å². The molecule has 0 unspecified atom stereocenters. The van der Waals surface area contributed by atoms with E-state index in [1.54, 1.807) is 55.4 Å². The zero-order valence-electron chi connectivity index (χ0n) is 12.4. The van der Waals surface area contributed by atoms with Crippen molar-refractivity contribution in [3.05, 3.63) is 0 Å². The predicted molar refractivity (Wildman–Crippen MR) is 60.5 cm³/mol. The third-order valence-corrected chi connectivity index (χ3v) is 0. The number of rotatable bonds is 0. The molecule has 0 aliphatic carbocycles. The molecule has 17 heavy (non-hydrogen) atoms. The van der Waals surface area contributed by atoms with Crippen LogP contribution in [0.1, 0.15) is 55.4 Å². The average Bonchev–Trinajstić information content (AvgIpc) is 1.76. The third kappa shape index (κ3) is 2910. The van der Waals surface area contributed by atoms with Crippen LogP contribution in [0.2, 0.25) is 0 Å². The van der Waals surface area contributed by atoms with Crippen LogP contribution < -0.4 is 20.4 Å². The van der Waals surface area contributed by atoms with E-state index in [0.717, 1.165) is 0 Å². The smallest absolute Gasteiger partial charge is 0.852 e. The van der Waals surface area contributed by atoms with Crippen molar-refractivity contribution in [3.63, 3.8) is 0 Å². The zero-order chi connectivity index (χ0) is 14.3. The van der Waals surface area contributed by atoms with Gasteiger partial charge in [-0.15, -0.1) is 24.4 Å². The Morgan fingerprint density at radius 1 is 0.412 bits per heavy atom. The molecule has 0 aromatic rings. The molecule has 5 heteroatoms. The van der Waals surface area contributed by atoms with Gasteiger partial charge in [0, 0.05) is 0 Å². The summed E-state index contributed by atoms with van der Waals surface area (Å²) in [5.41, 5.74) is 0. The second-order valence-electron chi connectivity index (χ2n) is 4.20. The molecule has 104 valence electrons. The number of hydrogen-bond donors (Lipinski definition) is 0. The Balaban J connectivity index is -0.0000000369. The summed E-state index contributed by atoms with van der Waals surface area (Å²) in [4.78, 5) is 0. The van der Waals surface area contributed by atoms with Crippen LogP contribution in [0.4, 0.5) is 0 Å². The first kappa shape index (κ1) is 30.9. The molecule has 0 amide bonds. The standard InChI is InChI=1S/4C3H7O.Th/c4*1-3(2)4;/h4*3H,1-2H3;/q4*-1;+4. The monoisotopic (exact) mass is 468 g/mol. The topological polar surface area (TPSA) is 92.2 Å². The summed E-state index contributed by atoms with van der Waals surface area (Å²) in [7, 11) is 0. The molecular weight excluding hydrogens is 440 g/mol. The molecule has 0 aromatic heterocycles. The first-order valence-corrected chi connectivity index (χ1v) is 5.56. The SMILES string of the molecule is CC(C)[O-].CC(C)[O-].CC(C)[O-].CC(C)[O-].[Th+4]. The van der Waals surface area contributed by atoms with Crippen LogP contribution in [-0.2, 0) is 0 Å². The molecule has 0 aliphatic rings. The van der Waals surface area contributed by atoms with E-state index in [2.05, 4.69) is 0 Å². The fraction of sp³-hybridized carbons (Fsp3) is 1.00. The Bertz CT molecular complexity index is 61.5. The Hall–Kier alpha value is 1.16. The minimum atomic E-state index is -0.417. The second-order valence-corrected chi connectivity index (χ2v) is 4.20. The Morgan fingerprint density at radius 3 is 0.412 bits per heavy atom. The molecule has 0 radical (unpaired) electrons. The molecule has 0 fully saturated rings. The van der Waals surface area contributed by atoms with Crippen LogP contribution in [-0.4, -0.2) is 24.4 Å². The maximum absolute atomic E-state index is 9.53. The summed E-state index contributed by atoms with van der Waals surface area (Å²) >= 11 is 0. The van der Waals surface area contributed by atoms with Gasteiger partial charge in [0.25, 0.3) is 0 Å². The molecule has 4 nitrogen and oxygen atoms in total. The van der Waals surface area contributed by atoms with Crippen LogP contribution in [0.5, 0.6) is 0 Å². The van der Waals surface area contributed by atoms with Crippen molar-refractivity contribution in [1.82, 2.24) is 0 Å². The molecule has 0 aromatic carbocycles. The second kappa shape index (κ2) is 25.9. The van der Waals surface area contributed by atoms with E-state index in [0.29, 0.717) is 0 Å². The van der Waals surface area contributed by atoms with Crippen molar-refractivity contribution in [1.29, 1.82) is 0 Å². The Labute approximate surface area is 139 Å². The molecule has 0 N–H and O–H groups in total. The van der Waals surface area contributed by atoms with Gasteiger partial charge in [0.2, 0.25) is 0 Å². The summed E-state index contributed by atoms with van der Waals surface area (Å²) in [6, 6.07) is 0. The van der Waals surface area contributed by atoms with E-state index in [9.17, 15) is 20.4 Å². The van der Waals surface area contributed by atoms with Crippen LogP contribution in [0, 0.1) is 39.9 Å². The minimum Gasteiger partial charge on any atom is -0.852 e. The molecule has 0 spiro atoms. The molecule has 0 rings (SSSR count). The zero-order valence-corrected chi connectivity index (χ0v) is 16.6. The van der Waals surface area contributed by atoms with Gasteiger partial charge >= 0.3 is 39.9 Å². The molecule has 0 aliphatic heterocycles. The van der Waals surface area contributed by atoms with Gasteiger partial charge in [0.05, 0.1) is 0 Å². The van der Waals surface area contributed by atoms with E-state index >= 15 is 0 Å². The van der Waals surface area contributed by atoms with Crippen LogP contribution in [0.25, 0.3) is 0 Å². The molecule has 0 bridgehead atoms. The first-order chi connectivity index (χ1) is 6.93. The van der Waals surface area contributed by atoms with E-state index in [1.807, 2.05) is 0 Å². The maximum Gasteiger partial charge on any atom is 4.00 e. The summed E-state index contributed by atoms with van der Waals surface area (Å²) < 4.78 is 0. The van der Waals surface area contributed by atoms with Gasteiger partial charge in [0.15, 0.2) is 0 Å². The minimum absolute atomic E-state index is 0. The van der Waals surface area contributed by atoms with Crippen molar-refractivity contribution in [3.8, 4) is 0 Å². The normalized spacial score (nSPS) is 8.47. The van der Waals surface area contributed by atoms with Crippen molar-refractivity contribution in [2.24, 2.45) is 0 Å². The van der Waals surface area contributed by atoms with Gasteiger partial charge in [-0.3, -0.25) is 0 Å². The fourth-order valence-electron chi connectivity index (χ4n) is 0. The molecule has 0 saturated carbocycles. The van der Waals surface area contributed by atoms with Crippen molar-refractivity contribution in [2.75, 3.05) is 0 Å². The predicted octanol–water partition coefficient (Wildman–Crippen LogP) is -0.980. The van der Waals surface area contributed by atoms with E-state index < -0.39 is 24.4 Å². The van der Waals surface area contributed by atoms with E-state index in [-0.39, 0.29) is 39.9 Å². The van der Waals surface area contributed by atoms with E-state index in [4.69, 9.17) is 0 Å². The maximum atomic E-state index is 9.53. The Morgan fingerprint density at radius 2 is 0.412 bits per heavy atom. The van der Waals surface area contributed by atoms with Gasteiger partial charge in [-0.25, -0.2) is 0 Å². The molecule has 0 atom stereocenters. The number of hydrogen-bond acceptors (Lipinski definition) is 4. The van der Waals surface area contributed by atoms with Gasteiger partial charge in [0.1, 0.15) is 0 Å². The van der Waals surface area contributed by atoms with Gasteiger partial charge in [-0.1, -0.05) is 55.4 Å². The first-order valence-electron chi connectivity index (χ1n) is 5.56. The van der Waals surface area contributed by atoms with Crippen molar-refractivity contribution < 1.29 is 60.4 Å². The third-order valence-electron chi connectivity index (χ3n) is 0. The van der Waals surface area contributed by atoms with E-state index in [1.165, 1.54) is 0 Å². The molecule has 0 heterocycles. The summed E-state index contributed by atoms with van der Waals surface area (Å²) in [6.07, 6.45) is -1.67. The summed E-state index contributed by atoms with van der Waals surface area (Å²) in [5.74, 6) is 0. The largest absolute Gasteiger partial charge is 4.00 e. The van der Waals surface area contributed by atoms with Crippen LogP contribution >= 0.6 is 0 Å². The molecular formula is C12H28O4Th. The van der Waals surface area contributed by atoms with Crippen LogP contribution in [0.15, 0.2) is 0 Å². The van der Waals surface area contributed by atoms with Crippen molar-refractivity contribution >= 4 is 0 Å². The summed E-state index contributed by atoms with van der Waals surface area (Å²) in [6.45, 7) is 12.9. The van der Waals surface area contributed by atoms with Gasteiger partial charge < -0.3 is 20.4 Å². The average molecular weight is 468 g/mol. The Kier molecular flexibility index (Phi) is 47.0.